The molecule has 0 spiro atoms. The molecule has 0 unspecified atom stereocenters. The van der Waals surface area contributed by atoms with E-state index in [1.807, 2.05) is 53.4 Å². The van der Waals surface area contributed by atoms with Gasteiger partial charge in [-0.3, -0.25) is 4.79 Å². The van der Waals surface area contributed by atoms with Crippen LogP contribution in [0.4, 0.5) is 4.39 Å². The summed E-state index contributed by atoms with van der Waals surface area (Å²) < 4.78 is 12.9. The molecule has 2 aromatic rings. The maximum Gasteiger partial charge on any atom is 0.246 e. The van der Waals surface area contributed by atoms with Gasteiger partial charge < -0.3 is 4.90 Å². The number of amides is 1. The molecule has 1 fully saturated rings. The second-order valence-corrected chi connectivity index (χ2v) is 6.34. The molecule has 0 atom stereocenters. The van der Waals surface area contributed by atoms with E-state index in [2.05, 4.69) is 0 Å². The number of rotatable bonds is 4. The number of halogens is 1. The summed E-state index contributed by atoms with van der Waals surface area (Å²) >= 11 is 0. The summed E-state index contributed by atoms with van der Waals surface area (Å²) in [6, 6.07) is 16.6. The van der Waals surface area contributed by atoms with Crippen molar-refractivity contribution in [1.82, 2.24) is 4.90 Å². The molecule has 0 aromatic heterocycles. The van der Waals surface area contributed by atoms with Crippen LogP contribution in [0.1, 0.15) is 24.0 Å². The van der Waals surface area contributed by atoms with Crippen molar-refractivity contribution < 1.29 is 9.18 Å². The van der Waals surface area contributed by atoms with Crippen molar-refractivity contribution in [3.8, 4) is 0 Å². The van der Waals surface area contributed by atoms with E-state index in [9.17, 15) is 9.18 Å². The zero-order valence-corrected chi connectivity index (χ0v) is 13.7. The van der Waals surface area contributed by atoms with E-state index >= 15 is 0 Å². The maximum absolute atomic E-state index is 12.9. The number of hydrogen-bond acceptors (Lipinski definition) is 1. The van der Waals surface area contributed by atoms with Gasteiger partial charge in [-0.15, -0.1) is 0 Å². The number of nitrogens with zero attached hydrogens (tertiary/aromatic N) is 1. The van der Waals surface area contributed by atoms with Crippen molar-refractivity contribution in [2.75, 3.05) is 13.1 Å². The zero-order valence-electron chi connectivity index (χ0n) is 13.7. The molecule has 2 aromatic carbocycles. The minimum absolute atomic E-state index is 0.0825. The standard InChI is InChI=1S/C21H22FNO/c22-20-9-6-18(7-10-20)16-19-12-14-23(15-13-19)21(24)11-8-17-4-2-1-3-5-17/h1-11,19H,12-16H2/b11-8+. The highest BCUT2D eigenvalue weighted by Gasteiger charge is 2.21. The first-order chi connectivity index (χ1) is 11.7. The molecule has 1 aliphatic heterocycles. The van der Waals surface area contributed by atoms with Gasteiger partial charge in [-0.1, -0.05) is 42.5 Å². The molecular weight excluding hydrogens is 301 g/mol. The highest BCUT2D eigenvalue weighted by atomic mass is 19.1. The second kappa shape index (κ2) is 7.91. The van der Waals surface area contributed by atoms with Crippen molar-refractivity contribution >= 4 is 12.0 Å². The van der Waals surface area contributed by atoms with Crippen molar-refractivity contribution in [3.63, 3.8) is 0 Å². The molecule has 0 bridgehead atoms. The van der Waals surface area contributed by atoms with Crippen LogP contribution in [0.5, 0.6) is 0 Å². The molecule has 124 valence electrons. The topological polar surface area (TPSA) is 20.3 Å². The normalized spacial score (nSPS) is 15.8. The Bertz CT molecular complexity index is 686. The molecule has 1 saturated heterocycles. The molecule has 1 heterocycles. The van der Waals surface area contributed by atoms with Crippen LogP contribution in [0.25, 0.3) is 6.08 Å². The summed E-state index contributed by atoms with van der Waals surface area (Å²) in [7, 11) is 0. The van der Waals surface area contributed by atoms with E-state index < -0.39 is 0 Å². The van der Waals surface area contributed by atoms with E-state index in [0.29, 0.717) is 5.92 Å². The lowest BCUT2D eigenvalue weighted by molar-refractivity contribution is -0.127. The van der Waals surface area contributed by atoms with Crippen LogP contribution < -0.4 is 0 Å². The molecule has 0 saturated carbocycles. The summed E-state index contributed by atoms with van der Waals surface area (Å²) in [6.07, 6.45) is 6.50. The number of carbonyl (C=O) groups is 1. The Balaban J connectivity index is 1.48. The molecule has 0 aliphatic carbocycles. The van der Waals surface area contributed by atoms with Gasteiger partial charge in [0.25, 0.3) is 0 Å². The largest absolute Gasteiger partial charge is 0.339 e. The van der Waals surface area contributed by atoms with Crippen molar-refractivity contribution in [2.24, 2.45) is 5.92 Å². The molecule has 0 N–H and O–H groups in total. The molecule has 3 heteroatoms. The van der Waals surface area contributed by atoms with Crippen LogP contribution in [0.2, 0.25) is 0 Å². The fraction of sp³-hybridized carbons (Fsp3) is 0.286. The van der Waals surface area contributed by atoms with Gasteiger partial charge in [0, 0.05) is 19.2 Å². The van der Waals surface area contributed by atoms with Crippen molar-refractivity contribution in [2.45, 2.75) is 19.3 Å². The van der Waals surface area contributed by atoms with Gasteiger partial charge in [0.15, 0.2) is 0 Å². The van der Waals surface area contributed by atoms with Crippen LogP contribution in [0.3, 0.4) is 0 Å². The van der Waals surface area contributed by atoms with E-state index in [0.717, 1.165) is 37.9 Å². The lowest BCUT2D eigenvalue weighted by atomic mass is 9.90. The van der Waals surface area contributed by atoms with Gasteiger partial charge in [0.1, 0.15) is 5.82 Å². The number of carbonyl (C=O) groups excluding carboxylic acids is 1. The van der Waals surface area contributed by atoms with Gasteiger partial charge in [-0.25, -0.2) is 4.39 Å². The Morgan fingerprint density at radius 1 is 1.04 bits per heavy atom. The fourth-order valence-corrected chi connectivity index (χ4v) is 3.15. The van der Waals surface area contributed by atoms with Gasteiger partial charge in [-0.05, 0) is 54.5 Å². The first kappa shape index (κ1) is 16.4. The highest BCUT2D eigenvalue weighted by Crippen LogP contribution is 2.22. The average Bonchev–Trinajstić information content (AvgIpc) is 2.63. The van der Waals surface area contributed by atoms with Crippen molar-refractivity contribution in [3.05, 3.63) is 77.6 Å². The predicted octanol–water partition coefficient (Wildman–Crippen LogP) is 4.32. The molecule has 24 heavy (non-hydrogen) atoms. The van der Waals surface area contributed by atoms with Gasteiger partial charge in [-0.2, -0.15) is 0 Å². The van der Waals surface area contributed by atoms with E-state index in [1.165, 1.54) is 17.7 Å². The van der Waals surface area contributed by atoms with Crippen LogP contribution in [-0.2, 0) is 11.2 Å². The zero-order chi connectivity index (χ0) is 16.8. The summed E-state index contributed by atoms with van der Waals surface area (Å²) in [6.45, 7) is 1.59. The summed E-state index contributed by atoms with van der Waals surface area (Å²) in [5, 5.41) is 0. The Hall–Kier alpha value is -2.42. The lowest BCUT2D eigenvalue weighted by Gasteiger charge is -2.31. The SMILES string of the molecule is O=C(/C=C/c1ccccc1)N1CCC(Cc2ccc(F)cc2)CC1. The Kier molecular flexibility index (Phi) is 5.42. The van der Waals surface area contributed by atoms with Crippen LogP contribution in [0.15, 0.2) is 60.7 Å². The summed E-state index contributed by atoms with van der Waals surface area (Å²) in [5.41, 5.74) is 2.21. The monoisotopic (exact) mass is 323 g/mol. The molecular formula is C21H22FNO. The quantitative estimate of drug-likeness (QED) is 0.767. The summed E-state index contributed by atoms with van der Waals surface area (Å²) in [4.78, 5) is 14.2. The fourth-order valence-electron chi connectivity index (χ4n) is 3.15. The first-order valence-corrected chi connectivity index (χ1v) is 8.47. The van der Waals surface area contributed by atoms with Crippen LogP contribution in [0, 0.1) is 11.7 Å². The van der Waals surface area contributed by atoms with Gasteiger partial charge >= 0.3 is 0 Å². The number of piperidine rings is 1. The third-order valence-corrected chi connectivity index (χ3v) is 4.58. The Morgan fingerprint density at radius 2 is 1.71 bits per heavy atom. The third-order valence-electron chi connectivity index (χ3n) is 4.58. The maximum atomic E-state index is 12.9. The molecule has 2 nitrogen and oxygen atoms in total. The van der Waals surface area contributed by atoms with Gasteiger partial charge in [0.05, 0.1) is 0 Å². The van der Waals surface area contributed by atoms with Crippen LogP contribution >= 0.6 is 0 Å². The molecule has 3 rings (SSSR count). The minimum atomic E-state index is -0.190. The highest BCUT2D eigenvalue weighted by molar-refractivity contribution is 5.91. The Labute approximate surface area is 142 Å². The van der Waals surface area contributed by atoms with E-state index in [-0.39, 0.29) is 11.7 Å². The van der Waals surface area contributed by atoms with Crippen molar-refractivity contribution in [1.29, 1.82) is 0 Å². The third kappa shape index (κ3) is 4.54. The van der Waals surface area contributed by atoms with E-state index in [1.54, 1.807) is 6.08 Å². The Morgan fingerprint density at radius 3 is 2.38 bits per heavy atom. The van der Waals surface area contributed by atoms with E-state index in [4.69, 9.17) is 0 Å². The smallest absolute Gasteiger partial charge is 0.246 e. The summed E-state index contributed by atoms with van der Waals surface area (Å²) in [5.74, 6) is 0.459. The number of hydrogen-bond donors (Lipinski definition) is 0. The van der Waals surface area contributed by atoms with Crippen LogP contribution in [-0.4, -0.2) is 23.9 Å². The molecule has 1 amide bonds. The number of likely N-dealkylation sites (tertiary alicyclic amines) is 1. The second-order valence-electron chi connectivity index (χ2n) is 6.34. The van der Waals surface area contributed by atoms with Gasteiger partial charge in [0.2, 0.25) is 5.91 Å². The lowest BCUT2D eigenvalue weighted by Crippen LogP contribution is -2.37. The molecule has 1 aliphatic rings. The minimum Gasteiger partial charge on any atom is -0.339 e. The number of benzene rings is 2. The average molecular weight is 323 g/mol. The molecule has 0 radical (unpaired) electrons. The predicted molar refractivity (Wildman–Crippen MR) is 94.9 cm³/mol. The first-order valence-electron chi connectivity index (χ1n) is 8.47.